The average Bonchev–Trinajstić information content (AvgIpc) is 3.43. The zero-order valence-electron chi connectivity index (χ0n) is 16.8. The molecule has 0 bridgehead atoms. The van der Waals surface area contributed by atoms with Crippen molar-refractivity contribution >= 4 is 50.2 Å². The highest BCUT2D eigenvalue weighted by Crippen LogP contribution is 2.38. The number of carbonyl (C=O) groups excluding carboxylic acids is 3. The lowest BCUT2D eigenvalue weighted by Crippen LogP contribution is -2.11. The van der Waals surface area contributed by atoms with Crippen LogP contribution in [0.2, 0.25) is 0 Å². The predicted molar refractivity (Wildman–Crippen MR) is 119 cm³/mol. The predicted octanol–water partition coefficient (Wildman–Crippen LogP) is 4.57. The molecule has 0 spiro atoms. The van der Waals surface area contributed by atoms with Crippen LogP contribution >= 0.6 is 24.0 Å². The quantitative estimate of drug-likeness (QED) is 0.188. The van der Waals surface area contributed by atoms with Gasteiger partial charge in [0.1, 0.15) is 5.76 Å². The van der Waals surface area contributed by atoms with Crippen LogP contribution in [0.3, 0.4) is 0 Å². The van der Waals surface area contributed by atoms with Gasteiger partial charge in [0, 0.05) is 11.6 Å². The molecule has 33 heavy (non-hydrogen) atoms. The van der Waals surface area contributed by atoms with Gasteiger partial charge in [-0.1, -0.05) is 0 Å². The van der Waals surface area contributed by atoms with Gasteiger partial charge in [0.2, 0.25) is 0 Å². The van der Waals surface area contributed by atoms with Gasteiger partial charge in [-0.3, -0.25) is 9.59 Å². The molecule has 0 unspecified atom stereocenters. The molecule has 13 heteroatoms. The monoisotopic (exact) mass is 579 g/mol. The number of alkyl halides is 3. The van der Waals surface area contributed by atoms with E-state index in [1.165, 1.54) is 30.3 Å². The highest BCUT2D eigenvalue weighted by Gasteiger charge is 2.35. The largest absolute Gasteiger partial charge is 0.571 e. The van der Waals surface area contributed by atoms with Crippen LogP contribution in [0.15, 0.2) is 51.3 Å². The summed E-state index contributed by atoms with van der Waals surface area (Å²) in [6.45, 7) is 1.61. The Hall–Kier alpha value is -3.07. The van der Waals surface area contributed by atoms with Crippen molar-refractivity contribution < 1.29 is 50.8 Å². The van der Waals surface area contributed by atoms with Gasteiger partial charge in [-0.05, 0) is 43.3 Å². The van der Waals surface area contributed by atoms with Gasteiger partial charge >= 0.3 is 19.8 Å². The van der Waals surface area contributed by atoms with Crippen LogP contribution in [0, 0.1) is 0 Å². The second-order valence-corrected chi connectivity index (χ2v) is 5.80. The molecule has 1 aromatic carbocycles. The molecule has 1 N–H and O–H groups in total. The fourth-order valence-corrected chi connectivity index (χ4v) is 2.41. The lowest BCUT2D eigenvalue weighted by atomic mass is 10.0. The number of halogens is 4. The number of hydrogen-bond donors (Lipinski definition) is 1. The molecule has 3 aromatic rings. The fourth-order valence-electron chi connectivity index (χ4n) is 2.41. The lowest BCUT2D eigenvalue weighted by molar-refractivity contribution is -0.137. The Balaban J connectivity index is 0.000000417. The van der Waals surface area contributed by atoms with Gasteiger partial charge in [0.15, 0.2) is 24.1 Å². The minimum atomic E-state index is -4.69. The number of carbonyl (C=O) groups is 3. The third kappa shape index (κ3) is 7.78. The van der Waals surface area contributed by atoms with E-state index in [1.54, 1.807) is 6.92 Å². The molecule has 0 aliphatic carbocycles. The van der Waals surface area contributed by atoms with E-state index in [0.717, 1.165) is 6.07 Å². The van der Waals surface area contributed by atoms with Crippen LogP contribution in [0.1, 0.15) is 44.0 Å². The van der Waals surface area contributed by atoms with Crippen LogP contribution in [0.4, 0.5) is 13.2 Å². The zero-order valence-corrected chi connectivity index (χ0v) is 19.2. The third-order valence-electron chi connectivity index (χ3n) is 3.73. The summed E-state index contributed by atoms with van der Waals surface area (Å²) in [5.74, 6) is -0.781. The molecule has 0 aliphatic rings. The van der Waals surface area contributed by atoms with E-state index in [0.29, 0.717) is 26.3 Å². The fraction of sp³-hybridized carbons (Fsp3) is 0.150. The minimum Gasteiger partial charge on any atom is -0.510 e. The molecule has 3 rings (SSSR count). The first kappa shape index (κ1) is 28.0. The summed E-state index contributed by atoms with van der Waals surface area (Å²) in [5, 5.41) is 8.11. The second-order valence-electron chi connectivity index (χ2n) is 5.80. The summed E-state index contributed by atoms with van der Waals surface area (Å²) in [6.07, 6.45) is -3.75. The van der Waals surface area contributed by atoms with Gasteiger partial charge in [0.25, 0.3) is 5.95 Å². The highest BCUT2D eigenvalue weighted by atomic mass is 127. The number of furan rings is 2. The number of esters is 1. The number of benzene rings is 1. The van der Waals surface area contributed by atoms with Crippen molar-refractivity contribution in [1.29, 1.82) is 0 Å². The van der Waals surface area contributed by atoms with Crippen molar-refractivity contribution in [3.8, 4) is 17.3 Å². The molecule has 2 aromatic heterocycles. The number of ether oxygens (including phenoxy) is 1. The van der Waals surface area contributed by atoms with E-state index in [9.17, 15) is 27.6 Å². The molecule has 8 nitrogen and oxygen atoms in total. The molecule has 1 radical (unpaired) electrons. The highest BCUT2D eigenvalue weighted by molar-refractivity contribution is 14.0. The topological polar surface area (TPSA) is 116 Å². The van der Waals surface area contributed by atoms with E-state index < -0.39 is 17.7 Å². The minimum absolute atomic E-state index is 0. The van der Waals surface area contributed by atoms with Gasteiger partial charge in [-0.2, -0.15) is 13.2 Å². The number of rotatable bonds is 7. The van der Waals surface area contributed by atoms with Crippen LogP contribution in [-0.2, 0) is 10.9 Å². The maximum absolute atomic E-state index is 13.2. The Bertz CT molecular complexity index is 1080. The van der Waals surface area contributed by atoms with Gasteiger partial charge in [-0.25, -0.2) is 4.79 Å². The molecule has 2 heterocycles. The Kier molecular flexibility index (Phi) is 10.9. The van der Waals surface area contributed by atoms with Crippen molar-refractivity contribution in [2.45, 2.75) is 13.1 Å². The third-order valence-corrected chi connectivity index (χ3v) is 3.73. The van der Waals surface area contributed by atoms with E-state index in [-0.39, 0.29) is 64.9 Å². The van der Waals surface area contributed by atoms with Crippen molar-refractivity contribution in [1.82, 2.24) is 0 Å². The van der Waals surface area contributed by atoms with Crippen LogP contribution in [0.25, 0.3) is 11.3 Å². The lowest BCUT2D eigenvalue weighted by Gasteiger charge is -2.13. The standard InChI is InChI=1S/C15H11F3O4.C5H4BO4.HI/c1-2-21-14(20)9-3-5-11(12(7-9)15(16,17)18)13-6-4-10(8-19)22-13;7-3-4-1-2-5(9-4)10-6-8;/h3-8H,2H2,1H3;1-3,8H;1H. The van der Waals surface area contributed by atoms with Gasteiger partial charge < -0.3 is 23.2 Å². The zero-order chi connectivity index (χ0) is 23.7. The smallest absolute Gasteiger partial charge is 0.510 e. The van der Waals surface area contributed by atoms with Crippen molar-refractivity contribution in [3.63, 3.8) is 0 Å². The van der Waals surface area contributed by atoms with Crippen LogP contribution in [0.5, 0.6) is 5.95 Å². The summed E-state index contributed by atoms with van der Waals surface area (Å²) in [7, 11) is 0.480. The van der Waals surface area contributed by atoms with Gasteiger partial charge in [0.05, 0.1) is 17.7 Å². The number of hydrogen-bond acceptors (Lipinski definition) is 8. The van der Waals surface area contributed by atoms with E-state index >= 15 is 0 Å². The first-order chi connectivity index (χ1) is 15.2. The molecule has 0 amide bonds. The summed E-state index contributed by atoms with van der Waals surface area (Å²) in [4.78, 5) is 32.1. The second kappa shape index (κ2) is 12.8. The molecular formula is C20H16BF3IO8. The van der Waals surface area contributed by atoms with Crippen molar-refractivity contribution in [2.75, 3.05) is 6.61 Å². The molecular weight excluding hydrogens is 563 g/mol. The Morgan fingerprint density at radius 1 is 1.06 bits per heavy atom. The van der Waals surface area contributed by atoms with Crippen LogP contribution in [-0.4, -0.2) is 37.9 Å². The molecule has 0 saturated carbocycles. The Morgan fingerprint density at radius 3 is 2.21 bits per heavy atom. The summed E-state index contributed by atoms with van der Waals surface area (Å²) in [6, 6.07) is 8.42. The van der Waals surface area contributed by atoms with Gasteiger partial charge in [-0.15, -0.1) is 24.0 Å². The normalized spacial score (nSPS) is 10.2. The number of aldehydes is 2. The summed E-state index contributed by atoms with van der Waals surface area (Å²) >= 11 is 0. The van der Waals surface area contributed by atoms with Crippen molar-refractivity contribution in [3.05, 3.63) is 65.1 Å². The van der Waals surface area contributed by atoms with E-state index in [1.807, 2.05) is 0 Å². The molecule has 0 atom stereocenters. The summed E-state index contributed by atoms with van der Waals surface area (Å²) < 4.78 is 58.4. The molecule has 0 fully saturated rings. The van der Waals surface area contributed by atoms with E-state index in [4.69, 9.17) is 13.9 Å². The maximum Gasteiger partial charge on any atom is 0.571 e. The molecule has 0 saturated heterocycles. The molecule has 0 aliphatic heterocycles. The Labute approximate surface area is 203 Å². The Morgan fingerprint density at radius 2 is 1.70 bits per heavy atom. The first-order valence-electron chi connectivity index (χ1n) is 8.84. The van der Waals surface area contributed by atoms with Crippen LogP contribution < -0.4 is 4.65 Å². The SMILES string of the molecule is CCOC(=O)c1ccc(-c2ccc(C=O)o2)c(C(F)(F)F)c1.I.O=Cc1ccc(O[B]O)o1. The van der Waals surface area contributed by atoms with E-state index in [2.05, 4.69) is 9.39 Å². The average molecular weight is 579 g/mol. The van der Waals surface area contributed by atoms with Crippen molar-refractivity contribution in [2.24, 2.45) is 0 Å². The molecule has 175 valence electrons. The summed E-state index contributed by atoms with van der Waals surface area (Å²) in [5.41, 5.74) is -1.50. The first-order valence-corrected chi connectivity index (χ1v) is 8.84. The maximum atomic E-state index is 13.2.